The Hall–Kier alpha value is -1.78. The summed E-state index contributed by atoms with van der Waals surface area (Å²) < 4.78 is 105. The van der Waals surface area contributed by atoms with Crippen molar-refractivity contribution in [2.75, 3.05) is 0 Å². The van der Waals surface area contributed by atoms with Gasteiger partial charge in [0.1, 0.15) is 11.5 Å². The first-order valence-electron chi connectivity index (χ1n) is 8.96. The van der Waals surface area contributed by atoms with Gasteiger partial charge in [-0.05, 0) is 54.9 Å². The summed E-state index contributed by atoms with van der Waals surface area (Å²) in [6.45, 7) is 0. The highest BCUT2D eigenvalue weighted by molar-refractivity contribution is 7.88. The van der Waals surface area contributed by atoms with Crippen LogP contribution in [0.1, 0.15) is 49.7 Å². The lowest BCUT2D eigenvalue weighted by molar-refractivity contribution is -0.159. The quantitative estimate of drug-likeness (QED) is 0.381. The fourth-order valence-corrected chi connectivity index (χ4v) is 5.04. The summed E-state index contributed by atoms with van der Waals surface area (Å²) in [5.41, 5.74) is -6.35. The second-order valence-electron chi connectivity index (χ2n) is 7.58. The van der Waals surface area contributed by atoms with E-state index in [4.69, 9.17) is 0 Å². The molecule has 0 amide bonds. The monoisotopic (exact) mass is 444 g/mol. The van der Waals surface area contributed by atoms with Gasteiger partial charge in [0.15, 0.2) is 0 Å². The number of carbonyl (C=O) groups is 1. The maximum absolute atomic E-state index is 13.4. The summed E-state index contributed by atoms with van der Waals surface area (Å²) in [7, 11) is -5.89. The van der Waals surface area contributed by atoms with Crippen molar-refractivity contribution < 1.29 is 43.7 Å². The van der Waals surface area contributed by atoms with E-state index in [-0.39, 0.29) is 31.5 Å². The van der Waals surface area contributed by atoms with Gasteiger partial charge in [-0.3, -0.25) is 4.79 Å². The maximum Gasteiger partial charge on any atom is 0.534 e. The molecule has 0 bridgehead atoms. The Balaban J connectivity index is 2.06. The minimum atomic E-state index is -5.89. The lowest BCUT2D eigenvalue weighted by Gasteiger charge is -2.44. The van der Waals surface area contributed by atoms with E-state index in [9.17, 15) is 39.6 Å². The third-order valence-corrected chi connectivity index (χ3v) is 6.70. The summed E-state index contributed by atoms with van der Waals surface area (Å²) in [6.07, 6.45) is -4.59. The second kappa shape index (κ2) is 7.17. The molecular formula is C18H18F6O4S. The Labute approximate surface area is 163 Å². The number of aryl methyl sites for hydroxylation is 1. The van der Waals surface area contributed by atoms with E-state index in [1.54, 1.807) is 0 Å². The van der Waals surface area contributed by atoms with Crippen LogP contribution in [-0.4, -0.2) is 25.9 Å². The first-order chi connectivity index (χ1) is 13.2. The van der Waals surface area contributed by atoms with Crippen LogP contribution >= 0.6 is 0 Å². The molecule has 1 fully saturated rings. The zero-order valence-corrected chi connectivity index (χ0v) is 15.9. The van der Waals surface area contributed by atoms with Gasteiger partial charge in [0.05, 0.1) is 6.42 Å². The highest BCUT2D eigenvalue weighted by Crippen LogP contribution is 2.53. The Kier molecular flexibility index (Phi) is 5.42. The molecule has 0 spiro atoms. The van der Waals surface area contributed by atoms with Crippen LogP contribution in [0.4, 0.5) is 26.3 Å². The van der Waals surface area contributed by atoms with Crippen molar-refractivity contribution in [3.05, 3.63) is 29.3 Å². The van der Waals surface area contributed by atoms with Crippen molar-refractivity contribution in [3.8, 4) is 5.75 Å². The molecule has 0 heterocycles. The number of rotatable bonds is 3. The molecule has 162 valence electrons. The normalized spacial score (nSPS) is 25.7. The molecular weight excluding hydrogens is 426 g/mol. The van der Waals surface area contributed by atoms with E-state index >= 15 is 0 Å². The molecule has 4 nitrogen and oxygen atoms in total. The Bertz CT molecular complexity index is 906. The molecule has 1 aromatic rings. The van der Waals surface area contributed by atoms with Crippen LogP contribution in [0.3, 0.4) is 0 Å². The van der Waals surface area contributed by atoms with Crippen molar-refractivity contribution >= 4 is 15.9 Å². The van der Waals surface area contributed by atoms with Crippen LogP contribution in [0.25, 0.3) is 0 Å². The van der Waals surface area contributed by atoms with Crippen LogP contribution in [0.5, 0.6) is 5.75 Å². The van der Waals surface area contributed by atoms with E-state index < -0.39 is 45.3 Å². The fourth-order valence-electron chi connectivity index (χ4n) is 4.58. The fraction of sp³-hybridized carbons (Fsp3) is 0.611. The first-order valence-corrected chi connectivity index (χ1v) is 10.4. The number of fused-ring (bicyclic) bond motifs is 3. The number of carbonyl (C=O) groups excluding carboxylic acids is 1. The number of benzene rings is 1. The molecule has 2 aliphatic carbocycles. The van der Waals surface area contributed by atoms with E-state index in [1.807, 2.05) is 0 Å². The molecule has 3 rings (SSSR count). The third-order valence-electron chi connectivity index (χ3n) is 5.72. The van der Waals surface area contributed by atoms with Crippen molar-refractivity contribution in [1.29, 1.82) is 0 Å². The molecule has 2 atom stereocenters. The zero-order chi connectivity index (χ0) is 21.7. The molecule has 29 heavy (non-hydrogen) atoms. The summed E-state index contributed by atoms with van der Waals surface area (Å²) in [4.78, 5) is 11.9. The summed E-state index contributed by atoms with van der Waals surface area (Å²) in [6, 6.07) is 3.23. The van der Waals surface area contributed by atoms with Gasteiger partial charge in [-0.1, -0.05) is 6.07 Å². The van der Waals surface area contributed by atoms with Crippen LogP contribution in [-0.2, 0) is 26.7 Å². The molecule has 0 radical (unpaired) electrons. The van der Waals surface area contributed by atoms with Gasteiger partial charge in [0, 0.05) is 18.3 Å². The van der Waals surface area contributed by atoms with Crippen LogP contribution < -0.4 is 4.18 Å². The van der Waals surface area contributed by atoms with E-state index in [1.165, 1.54) is 6.07 Å². The lowest BCUT2D eigenvalue weighted by Crippen LogP contribution is -2.44. The molecule has 0 saturated heterocycles. The molecule has 0 aromatic heterocycles. The van der Waals surface area contributed by atoms with Gasteiger partial charge in [0.25, 0.3) is 0 Å². The number of Topliss-reactive ketones (excluding diaryl/α,β-unsaturated/α-hetero) is 1. The summed E-state index contributed by atoms with van der Waals surface area (Å²) in [5, 5.41) is 0. The van der Waals surface area contributed by atoms with Gasteiger partial charge in [-0.15, -0.1) is 0 Å². The predicted molar refractivity (Wildman–Crippen MR) is 89.7 cm³/mol. The molecule has 1 aromatic carbocycles. The van der Waals surface area contributed by atoms with Crippen LogP contribution in [0.2, 0.25) is 0 Å². The highest BCUT2D eigenvalue weighted by Gasteiger charge is 2.52. The minimum absolute atomic E-state index is 0.00722. The van der Waals surface area contributed by atoms with Crippen molar-refractivity contribution in [3.63, 3.8) is 0 Å². The van der Waals surface area contributed by atoms with E-state index in [0.29, 0.717) is 24.0 Å². The average molecular weight is 444 g/mol. The largest absolute Gasteiger partial charge is 0.534 e. The number of hydrogen-bond acceptors (Lipinski definition) is 4. The van der Waals surface area contributed by atoms with Gasteiger partial charge in [0.2, 0.25) is 0 Å². The lowest BCUT2D eigenvalue weighted by atomic mass is 9.59. The van der Waals surface area contributed by atoms with Gasteiger partial charge in [-0.25, -0.2) is 0 Å². The number of hydrogen-bond donors (Lipinski definition) is 0. The van der Waals surface area contributed by atoms with Crippen molar-refractivity contribution in [1.82, 2.24) is 0 Å². The molecule has 0 N–H and O–H groups in total. The third kappa shape index (κ3) is 4.39. The average Bonchev–Trinajstić information content (AvgIpc) is 2.69. The molecule has 2 aliphatic rings. The molecule has 0 aliphatic heterocycles. The number of alkyl halides is 6. The predicted octanol–water partition coefficient (Wildman–Crippen LogP) is 4.81. The van der Waals surface area contributed by atoms with Gasteiger partial charge >= 0.3 is 21.8 Å². The maximum atomic E-state index is 13.4. The number of ketones is 1. The van der Waals surface area contributed by atoms with Gasteiger partial charge < -0.3 is 4.18 Å². The highest BCUT2D eigenvalue weighted by atomic mass is 32.2. The summed E-state index contributed by atoms with van der Waals surface area (Å²) >= 11 is 0. The smallest absolute Gasteiger partial charge is 0.376 e. The van der Waals surface area contributed by atoms with Crippen LogP contribution in [0, 0.1) is 5.92 Å². The number of halogens is 6. The molecule has 11 heteroatoms. The topological polar surface area (TPSA) is 60.4 Å². The molecule has 1 saturated carbocycles. The first kappa shape index (κ1) is 21.9. The SMILES string of the molecule is O=C1CC[C@]2(CC(F)(F)F)c3ccc(OS(=O)(=O)C(F)(F)F)cc3CCC[C@@H]2C1. The van der Waals surface area contributed by atoms with Crippen LogP contribution in [0.15, 0.2) is 18.2 Å². The molecule has 0 unspecified atom stereocenters. The van der Waals surface area contributed by atoms with Crippen molar-refractivity contribution in [2.24, 2.45) is 5.92 Å². The zero-order valence-electron chi connectivity index (χ0n) is 15.1. The Morgan fingerprint density at radius 2 is 1.79 bits per heavy atom. The van der Waals surface area contributed by atoms with E-state index in [2.05, 4.69) is 4.18 Å². The van der Waals surface area contributed by atoms with Gasteiger partial charge in [-0.2, -0.15) is 34.8 Å². The minimum Gasteiger partial charge on any atom is -0.376 e. The van der Waals surface area contributed by atoms with E-state index in [0.717, 1.165) is 12.1 Å². The standard InChI is InChI=1S/C18H18F6O4S/c19-17(20,21)10-16-7-6-13(25)9-12(16)3-1-2-11-8-14(4-5-15(11)16)28-29(26,27)18(22,23)24/h4-5,8,12H,1-3,6-7,9-10H2/t12-,16-/m1/s1. The second-order valence-corrected chi connectivity index (χ2v) is 9.12. The Morgan fingerprint density at radius 1 is 1.10 bits per heavy atom. The summed E-state index contributed by atoms with van der Waals surface area (Å²) in [5.74, 6) is -1.24. The van der Waals surface area contributed by atoms with Crippen molar-refractivity contribution in [2.45, 2.75) is 62.0 Å². The Morgan fingerprint density at radius 3 is 2.41 bits per heavy atom.